The van der Waals surface area contributed by atoms with Gasteiger partial charge < -0.3 is 14.8 Å². The van der Waals surface area contributed by atoms with E-state index < -0.39 is 18.2 Å². The van der Waals surface area contributed by atoms with Crippen molar-refractivity contribution in [3.8, 4) is 0 Å². The lowest BCUT2D eigenvalue weighted by Crippen LogP contribution is -2.38. The maximum atomic E-state index is 11.5. The molecule has 1 aromatic carbocycles. The molecule has 2 rings (SSSR count). The first-order valence-corrected chi connectivity index (χ1v) is 5.70. The molecule has 1 amide bonds. The minimum atomic E-state index is -0.871. The highest BCUT2D eigenvalue weighted by Crippen LogP contribution is 2.16. The van der Waals surface area contributed by atoms with Crippen molar-refractivity contribution >= 4 is 12.1 Å². The molecule has 5 heteroatoms. The van der Waals surface area contributed by atoms with Crippen LogP contribution in [0.1, 0.15) is 11.1 Å². The topological polar surface area (TPSA) is 64.6 Å². The third kappa shape index (κ3) is 2.61. The van der Waals surface area contributed by atoms with Crippen molar-refractivity contribution in [1.29, 1.82) is 0 Å². The lowest BCUT2D eigenvalue weighted by atomic mass is 10.0. The average Bonchev–Trinajstić information content (AvgIpc) is 2.72. The molecule has 0 aromatic heterocycles. The zero-order valence-electron chi connectivity index (χ0n) is 10.3. The molecular weight excluding hydrogens is 234 g/mol. The first-order valence-electron chi connectivity index (χ1n) is 5.70. The molecule has 0 spiro atoms. The van der Waals surface area contributed by atoms with Crippen molar-refractivity contribution in [3.63, 3.8) is 0 Å². The van der Waals surface area contributed by atoms with Gasteiger partial charge in [0.25, 0.3) is 0 Å². The van der Waals surface area contributed by atoms with Gasteiger partial charge in [-0.05, 0) is 18.9 Å². The van der Waals surface area contributed by atoms with E-state index in [-0.39, 0.29) is 6.04 Å². The Kier molecular flexibility index (Phi) is 3.50. The molecule has 0 aliphatic carbocycles. The second kappa shape index (κ2) is 5.08. The van der Waals surface area contributed by atoms with Crippen LogP contribution in [0, 0.1) is 6.92 Å². The predicted molar refractivity (Wildman–Crippen MR) is 64.1 cm³/mol. The van der Waals surface area contributed by atoms with Crippen LogP contribution in [0.2, 0.25) is 0 Å². The van der Waals surface area contributed by atoms with Gasteiger partial charge in [0.2, 0.25) is 6.10 Å². The second-order valence-electron chi connectivity index (χ2n) is 4.29. The minimum Gasteiger partial charge on any atom is -0.466 e. The van der Waals surface area contributed by atoms with Crippen molar-refractivity contribution in [1.82, 2.24) is 5.32 Å². The molecule has 1 saturated heterocycles. The summed E-state index contributed by atoms with van der Waals surface area (Å²) >= 11 is 0. The molecule has 0 saturated carbocycles. The van der Waals surface area contributed by atoms with Gasteiger partial charge in [-0.1, -0.05) is 29.8 Å². The summed E-state index contributed by atoms with van der Waals surface area (Å²) in [6.45, 7) is 2.00. The highest BCUT2D eigenvalue weighted by Gasteiger charge is 2.40. The van der Waals surface area contributed by atoms with Crippen LogP contribution in [-0.4, -0.2) is 31.3 Å². The fraction of sp³-hybridized carbons (Fsp3) is 0.385. The Labute approximate surface area is 105 Å². The molecule has 0 unspecified atom stereocenters. The van der Waals surface area contributed by atoms with Gasteiger partial charge in [0.1, 0.15) is 0 Å². The molecule has 1 fully saturated rings. The number of carbonyl (C=O) groups is 2. The Morgan fingerprint density at radius 1 is 1.39 bits per heavy atom. The number of aryl methyl sites for hydroxylation is 1. The molecule has 0 bridgehead atoms. The minimum absolute atomic E-state index is 0.382. The summed E-state index contributed by atoms with van der Waals surface area (Å²) in [5.74, 6) is -0.537. The van der Waals surface area contributed by atoms with Crippen LogP contribution in [0.25, 0.3) is 0 Å². The van der Waals surface area contributed by atoms with Gasteiger partial charge in [-0.3, -0.25) is 0 Å². The number of nitrogens with one attached hydrogen (secondary N) is 1. The molecule has 1 heterocycles. The number of esters is 1. The van der Waals surface area contributed by atoms with Crippen LogP contribution in [0.4, 0.5) is 4.79 Å². The highest BCUT2D eigenvalue weighted by atomic mass is 16.6. The van der Waals surface area contributed by atoms with Gasteiger partial charge >= 0.3 is 12.1 Å². The highest BCUT2D eigenvalue weighted by molar-refractivity contribution is 5.83. The summed E-state index contributed by atoms with van der Waals surface area (Å²) in [6, 6.07) is 7.52. The lowest BCUT2D eigenvalue weighted by molar-refractivity contribution is -0.149. The molecule has 0 radical (unpaired) electrons. The molecule has 1 N–H and O–H groups in total. The maximum Gasteiger partial charge on any atom is 0.408 e. The summed E-state index contributed by atoms with van der Waals surface area (Å²) in [5.41, 5.74) is 2.19. The van der Waals surface area contributed by atoms with Gasteiger partial charge in [0, 0.05) is 0 Å². The summed E-state index contributed by atoms with van der Waals surface area (Å²) in [7, 11) is 1.28. The second-order valence-corrected chi connectivity index (χ2v) is 4.29. The first-order chi connectivity index (χ1) is 8.60. The van der Waals surface area contributed by atoms with Gasteiger partial charge in [0.05, 0.1) is 13.2 Å². The molecule has 18 heavy (non-hydrogen) atoms. The number of benzene rings is 1. The smallest absolute Gasteiger partial charge is 0.408 e. The number of alkyl carbamates (subject to hydrolysis) is 1. The largest absolute Gasteiger partial charge is 0.466 e. The van der Waals surface area contributed by atoms with Crippen LogP contribution < -0.4 is 5.32 Å². The Morgan fingerprint density at radius 3 is 2.67 bits per heavy atom. The van der Waals surface area contributed by atoms with E-state index in [2.05, 4.69) is 10.1 Å². The van der Waals surface area contributed by atoms with Gasteiger partial charge in [-0.2, -0.15) is 0 Å². The monoisotopic (exact) mass is 249 g/mol. The lowest BCUT2D eigenvalue weighted by Gasteiger charge is -2.14. The molecule has 96 valence electrons. The third-order valence-electron chi connectivity index (χ3n) is 2.91. The van der Waals surface area contributed by atoms with E-state index in [1.807, 2.05) is 31.2 Å². The Balaban J connectivity index is 2.09. The number of hydrogen-bond donors (Lipinski definition) is 1. The molecule has 1 aliphatic rings. The quantitative estimate of drug-likeness (QED) is 0.817. The summed E-state index contributed by atoms with van der Waals surface area (Å²) in [5, 5.41) is 2.62. The molecular formula is C13H15NO4. The molecule has 5 nitrogen and oxygen atoms in total. The Bertz CT molecular complexity index is 455. The van der Waals surface area contributed by atoms with Crippen LogP contribution in [0.15, 0.2) is 24.3 Å². The van der Waals surface area contributed by atoms with E-state index in [1.54, 1.807) is 0 Å². The van der Waals surface area contributed by atoms with Crippen molar-refractivity contribution in [2.75, 3.05) is 7.11 Å². The van der Waals surface area contributed by atoms with E-state index in [0.29, 0.717) is 6.42 Å². The standard InChI is InChI=1S/C13H15NO4/c1-8-3-5-9(6-4-8)7-10-11(12(15)17-2)18-13(16)14-10/h3-6,10-11H,7H2,1-2H3,(H,14,16)/t10-,11-/m0/s1. The zero-order chi connectivity index (χ0) is 13.1. The Morgan fingerprint density at radius 2 is 2.06 bits per heavy atom. The van der Waals surface area contributed by atoms with Crippen molar-refractivity contribution in [2.24, 2.45) is 0 Å². The van der Waals surface area contributed by atoms with Crippen LogP contribution in [-0.2, 0) is 20.7 Å². The van der Waals surface area contributed by atoms with E-state index in [0.717, 1.165) is 11.1 Å². The fourth-order valence-corrected chi connectivity index (χ4v) is 1.92. The SMILES string of the molecule is COC(=O)[C@H]1OC(=O)N[C@H]1Cc1ccc(C)cc1. The number of cyclic esters (lactones) is 1. The van der Waals surface area contributed by atoms with Crippen LogP contribution >= 0.6 is 0 Å². The first kappa shape index (κ1) is 12.4. The number of hydrogen-bond acceptors (Lipinski definition) is 4. The summed E-state index contributed by atoms with van der Waals surface area (Å²) < 4.78 is 9.51. The van der Waals surface area contributed by atoms with Crippen molar-refractivity contribution < 1.29 is 19.1 Å². The van der Waals surface area contributed by atoms with E-state index in [9.17, 15) is 9.59 Å². The zero-order valence-corrected chi connectivity index (χ0v) is 10.3. The third-order valence-corrected chi connectivity index (χ3v) is 2.91. The normalized spacial score (nSPS) is 22.2. The number of rotatable bonds is 3. The summed E-state index contributed by atoms with van der Waals surface area (Å²) in [6.07, 6.45) is -0.919. The average molecular weight is 249 g/mol. The van der Waals surface area contributed by atoms with Crippen LogP contribution in [0.3, 0.4) is 0 Å². The molecule has 1 aliphatic heterocycles. The number of carbonyl (C=O) groups excluding carboxylic acids is 2. The Hall–Kier alpha value is -2.04. The van der Waals surface area contributed by atoms with E-state index in [1.165, 1.54) is 7.11 Å². The van der Waals surface area contributed by atoms with E-state index >= 15 is 0 Å². The van der Waals surface area contributed by atoms with Crippen molar-refractivity contribution in [2.45, 2.75) is 25.5 Å². The van der Waals surface area contributed by atoms with Crippen LogP contribution in [0.5, 0.6) is 0 Å². The number of amides is 1. The maximum absolute atomic E-state index is 11.5. The number of ether oxygens (including phenoxy) is 2. The molecule has 2 atom stereocenters. The predicted octanol–water partition coefficient (Wildman–Crippen LogP) is 1.19. The molecule has 1 aromatic rings. The van der Waals surface area contributed by atoms with Gasteiger partial charge in [0.15, 0.2) is 0 Å². The van der Waals surface area contributed by atoms with Crippen molar-refractivity contribution in [3.05, 3.63) is 35.4 Å². The van der Waals surface area contributed by atoms with Gasteiger partial charge in [-0.15, -0.1) is 0 Å². The fourth-order valence-electron chi connectivity index (χ4n) is 1.92. The van der Waals surface area contributed by atoms with E-state index in [4.69, 9.17) is 4.74 Å². The summed E-state index contributed by atoms with van der Waals surface area (Å²) in [4.78, 5) is 22.7. The van der Waals surface area contributed by atoms with Gasteiger partial charge in [-0.25, -0.2) is 9.59 Å². The number of methoxy groups -OCH3 is 1.